The zero-order valence-corrected chi connectivity index (χ0v) is 21.7. The average Bonchev–Trinajstić information content (AvgIpc) is 3.65. The van der Waals surface area contributed by atoms with E-state index in [0.717, 1.165) is 36.1 Å². The number of aryl methyl sites for hydroxylation is 1. The Labute approximate surface area is 215 Å². The number of allylic oxidation sites excluding steroid dienone is 2. The SMILES string of the molecule is CCCCc1cn(-c2nccn2C(C)(C)C)c(=O)n1CC1(c2cccc(-c3nnn[nH]3)c2)C=CNC=C1. The number of hydrogen-bond acceptors (Lipinski definition) is 6. The van der Waals surface area contributed by atoms with Gasteiger partial charge in [0.05, 0.1) is 5.41 Å². The lowest BCUT2D eigenvalue weighted by Crippen LogP contribution is -2.37. The number of unbranched alkanes of at least 4 members (excludes halogenated alkanes) is 1. The molecule has 4 aromatic rings. The van der Waals surface area contributed by atoms with Crippen molar-refractivity contribution in [2.75, 3.05) is 0 Å². The van der Waals surface area contributed by atoms with Crippen LogP contribution in [0.15, 0.2) is 72.2 Å². The van der Waals surface area contributed by atoms with Crippen molar-refractivity contribution >= 4 is 0 Å². The zero-order chi connectivity index (χ0) is 26.0. The molecule has 0 unspecified atom stereocenters. The zero-order valence-electron chi connectivity index (χ0n) is 21.7. The van der Waals surface area contributed by atoms with E-state index < -0.39 is 5.41 Å². The van der Waals surface area contributed by atoms with Crippen LogP contribution < -0.4 is 11.0 Å². The number of nitrogens with zero attached hydrogens (tertiary/aromatic N) is 7. The molecule has 37 heavy (non-hydrogen) atoms. The number of hydrogen-bond donors (Lipinski definition) is 2. The molecule has 3 aromatic heterocycles. The molecule has 0 aliphatic carbocycles. The summed E-state index contributed by atoms with van der Waals surface area (Å²) in [6, 6.07) is 8.11. The summed E-state index contributed by atoms with van der Waals surface area (Å²) in [5.74, 6) is 1.22. The van der Waals surface area contributed by atoms with Gasteiger partial charge in [-0.2, -0.15) is 0 Å². The lowest BCUT2D eigenvalue weighted by Gasteiger charge is -2.31. The Morgan fingerprint density at radius 2 is 1.95 bits per heavy atom. The highest BCUT2D eigenvalue weighted by Gasteiger charge is 2.32. The van der Waals surface area contributed by atoms with Crippen molar-refractivity contribution in [3.8, 4) is 17.3 Å². The molecule has 1 aliphatic heterocycles. The lowest BCUT2D eigenvalue weighted by molar-refractivity contribution is 0.390. The first kappa shape index (κ1) is 24.5. The number of aromatic nitrogens is 8. The minimum absolute atomic E-state index is 0.0990. The normalized spacial score (nSPS) is 14.7. The Kier molecular flexibility index (Phi) is 6.41. The fraction of sp³-hybridized carbons (Fsp3) is 0.370. The van der Waals surface area contributed by atoms with E-state index in [1.54, 1.807) is 10.8 Å². The minimum atomic E-state index is -0.550. The van der Waals surface area contributed by atoms with Gasteiger partial charge in [-0.05, 0) is 68.1 Å². The Morgan fingerprint density at radius 3 is 2.65 bits per heavy atom. The summed E-state index contributed by atoms with van der Waals surface area (Å²) >= 11 is 0. The second-order valence-corrected chi connectivity index (χ2v) is 10.4. The Morgan fingerprint density at radius 1 is 1.14 bits per heavy atom. The van der Waals surface area contributed by atoms with Crippen LogP contribution in [-0.2, 0) is 23.9 Å². The van der Waals surface area contributed by atoms with Crippen LogP contribution in [0.25, 0.3) is 17.3 Å². The highest BCUT2D eigenvalue weighted by Crippen LogP contribution is 2.33. The Hall–Kier alpha value is -4.21. The average molecular weight is 500 g/mol. The summed E-state index contributed by atoms with van der Waals surface area (Å²) in [4.78, 5) is 18.6. The third kappa shape index (κ3) is 4.66. The van der Waals surface area contributed by atoms with E-state index in [0.29, 0.717) is 18.3 Å². The molecule has 10 heteroatoms. The van der Waals surface area contributed by atoms with Gasteiger partial charge < -0.3 is 9.88 Å². The number of nitrogens with one attached hydrogen (secondary N) is 2. The molecule has 5 rings (SSSR count). The van der Waals surface area contributed by atoms with Gasteiger partial charge in [-0.3, -0.25) is 4.57 Å². The van der Waals surface area contributed by atoms with Crippen molar-refractivity contribution < 1.29 is 0 Å². The topological polar surface area (TPSA) is 111 Å². The number of tetrazole rings is 1. The maximum Gasteiger partial charge on any atom is 0.335 e. The van der Waals surface area contributed by atoms with Crippen molar-refractivity contribution in [3.05, 3.63) is 89.1 Å². The van der Waals surface area contributed by atoms with Crippen LogP contribution in [-0.4, -0.2) is 39.3 Å². The smallest absolute Gasteiger partial charge is 0.335 e. The van der Waals surface area contributed by atoms with Gasteiger partial charge in [-0.25, -0.2) is 19.4 Å². The number of H-pyrrole nitrogens is 1. The lowest BCUT2D eigenvalue weighted by atomic mass is 9.78. The molecule has 0 fully saturated rings. The van der Waals surface area contributed by atoms with Crippen molar-refractivity contribution in [2.24, 2.45) is 0 Å². The first-order valence-corrected chi connectivity index (χ1v) is 12.6. The summed E-state index contributed by atoms with van der Waals surface area (Å²) in [5, 5.41) is 17.5. The van der Waals surface area contributed by atoms with Crippen molar-refractivity contribution in [3.63, 3.8) is 0 Å². The molecule has 10 nitrogen and oxygen atoms in total. The first-order chi connectivity index (χ1) is 17.8. The molecule has 4 heterocycles. The second-order valence-electron chi connectivity index (χ2n) is 10.4. The third-order valence-electron chi connectivity index (χ3n) is 6.80. The van der Waals surface area contributed by atoms with Gasteiger partial charge in [0.1, 0.15) is 0 Å². The largest absolute Gasteiger partial charge is 0.368 e. The Bertz CT molecular complexity index is 1470. The van der Waals surface area contributed by atoms with E-state index in [1.165, 1.54) is 0 Å². The number of imidazole rings is 2. The molecule has 2 N–H and O–H groups in total. The molecule has 1 aromatic carbocycles. The van der Waals surface area contributed by atoms with Gasteiger partial charge in [0.15, 0.2) is 5.82 Å². The molecule has 192 valence electrons. The molecular formula is C27H33N9O. The van der Waals surface area contributed by atoms with E-state index in [1.807, 2.05) is 46.1 Å². The van der Waals surface area contributed by atoms with Crippen LogP contribution >= 0.6 is 0 Å². The van der Waals surface area contributed by atoms with E-state index in [9.17, 15) is 4.79 Å². The maximum atomic E-state index is 14.0. The number of aromatic amines is 1. The molecule has 0 spiro atoms. The summed E-state index contributed by atoms with van der Waals surface area (Å²) in [6.07, 6.45) is 16.5. The fourth-order valence-corrected chi connectivity index (χ4v) is 4.79. The highest BCUT2D eigenvalue weighted by molar-refractivity contribution is 5.57. The Balaban J connectivity index is 1.63. The van der Waals surface area contributed by atoms with Crippen LogP contribution in [0.1, 0.15) is 51.8 Å². The highest BCUT2D eigenvalue weighted by atomic mass is 16.1. The van der Waals surface area contributed by atoms with Gasteiger partial charge in [-0.1, -0.05) is 43.7 Å². The monoisotopic (exact) mass is 499 g/mol. The van der Waals surface area contributed by atoms with Gasteiger partial charge in [0, 0.05) is 41.9 Å². The first-order valence-electron chi connectivity index (χ1n) is 12.6. The summed E-state index contributed by atoms with van der Waals surface area (Å²) < 4.78 is 5.63. The quantitative estimate of drug-likeness (QED) is 0.383. The summed E-state index contributed by atoms with van der Waals surface area (Å²) in [5.41, 5.74) is 2.04. The molecule has 0 bridgehead atoms. The van der Waals surface area contributed by atoms with Gasteiger partial charge in [0.2, 0.25) is 5.95 Å². The predicted octanol–water partition coefficient (Wildman–Crippen LogP) is 3.68. The molecular weight excluding hydrogens is 466 g/mol. The van der Waals surface area contributed by atoms with E-state index in [-0.39, 0.29) is 11.2 Å². The van der Waals surface area contributed by atoms with E-state index in [2.05, 4.69) is 82.9 Å². The molecule has 0 radical (unpaired) electrons. The summed E-state index contributed by atoms with van der Waals surface area (Å²) in [6.45, 7) is 8.93. The standard InChI is InChI=1S/C27H33N9O/c1-5-6-10-22-18-34(24-29-15-16-36(24)26(2,3)4)25(37)35(22)19-27(11-13-28-14-12-27)21-9-7-8-20(17-21)23-30-32-33-31-23/h7-9,11-18,28H,5-6,10,19H2,1-4H3,(H,30,31,32,33). The fourth-order valence-electron chi connectivity index (χ4n) is 4.79. The van der Waals surface area contributed by atoms with Crippen LogP contribution in [0, 0.1) is 0 Å². The molecule has 1 aliphatic rings. The molecule has 0 amide bonds. The molecule has 0 atom stereocenters. The number of rotatable bonds is 8. The third-order valence-corrected chi connectivity index (χ3v) is 6.80. The van der Waals surface area contributed by atoms with Gasteiger partial charge >= 0.3 is 5.69 Å². The minimum Gasteiger partial charge on any atom is -0.368 e. The van der Waals surface area contributed by atoms with Crippen LogP contribution in [0.5, 0.6) is 0 Å². The van der Waals surface area contributed by atoms with Crippen LogP contribution in [0.4, 0.5) is 0 Å². The number of dihydropyridines is 1. The van der Waals surface area contributed by atoms with Crippen molar-refractivity contribution in [1.29, 1.82) is 0 Å². The van der Waals surface area contributed by atoms with Crippen LogP contribution in [0.3, 0.4) is 0 Å². The predicted molar refractivity (Wildman–Crippen MR) is 142 cm³/mol. The van der Waals surface area contributed by atoms with Crippen molar-refractivity contribution in [1.82, 2.24) is 44.6 Å². The maximum absolute atomic E-state index is 14.0. The van der Waals surface area contributed by atoms with Gasteiger partial charge in [0.25, 0.3) is 0 Å². The van der Waals surface area contributed by atoms with E-state index in [4.69, 9.17) is 0 Å². The second kappa shape index (κ2) is 9.68. The van der Waals surface area contributed by atoms with E-state index >= 15 is 0 Å². The number of benzene rings is 1. The molecule has 0 saturated heterocycles. The van der Waals surface area contributed by atoms with Crippen molar-refractivity contribution in [2.45, 2.75) is 64.5 Å². The molecule has 0 saturated carbocycles. The van der Waals surface area contributed by atoms with Crippen LogP contribution in [0.2, 0.25) is 0 Å². The van der Waals surface area contributed by atoms with Gasteiger partial charge in [-0.15, -0.1) is 5.10 Å². The summed E-state index contributed by atoms with van der Waals surface area (Å²) in [7, 11) is 0.